The van der Waals surface area contributed by atoms with Gasteiger partial charge in [-0.25, -0.2) is 0 Å². The summed E-state index contributed by atoms with van der Waals surface area (Å²) in [6.45, 7) is 20.2. The molecule has 0 fully saturated rings. The maximum Gasteiger partial charge on any atom is 0.0986 e. The Balaban J connectivity index is 3.40. The summed E-state index contributed by atoms with van der Waals surface area (Å²) in [6, 6.07) is 0. The smallest absolute Gasteiger partial charge is 0.0986 e. The van der Waals surface area contributed by atoms with Crippen LogP contribution in [-0.2, 0) is 4.74 Å². The zero-order valence-electron chi connectivity index (χ0n) is 13.1. The molecule has 2 atom stereocenters. The van der Waals surface area contributed by atoms with Crippen LogP contribution in [0.4, 0.5) is 0 Å². The van der Waals surface area contributed by atoms with E-state index in [2.05, 4.69) is 47.3 Å². The summed E-state index contributed by atoms with van der Waals surface area (Å²) in [5.41, 5.74) is 7.01. The van der Waals surface area contributed by atoms with E-state index in [4.69, 9.17) is 10.5 Å². The largest absolute Gasteiger partial charge is 0.498 e. The summed E-state index contributed by atoms with van der Waals surface area (Å²) in [6.07, 6.45) is 2.06. The minimum atomic E-state index is -0.490. The van der Waals surface area contributed by atoms with Crippen molar-refractivity contribution >= 4 is 0 Å². The third-order valence-corrected chi connectivity index (χ3v) is 4.05. The van der Waals surface area contributed by atoms with Gasteiger partial charge in [0.15, 0.2) is 0 Å². The quantitative estimate of drug-likeness (QED) is 0.756. The van der Waals surface area contributed by atoms with Gasteiger partial charge in [0, 0.05) is 5.92 Å². The van der Waals surface area contributed by atoms with Gasteiger partial charge in [-0.15, -0.1) is 0 Å². The first-order valence-corrected chi connectivity index (χ1v) is 6.79. The highest BCUT2D eigenvalue weighted by atomic mass is 16.5. The van der Waals surface area contributed by atoms with E-state index in [9.17, 15) is 0 Å². The summed E-state index contributed by atoms with van der Waals surface area (Å²) in [4.78, 5) is 0. The molecule has 2 N–H and O–H groups in total. The highest BCUT2D eigenvalue weighted by Crippen LogP contribution is 2.54. The van der Waals surface area contributed by atoms with E-state index in [-0.39, 0.29) is 10.8 Å². The van der Waals surface area contributed by atoms with Crippen LogP contribution >= 0.6 is 0 Å². The Morgan fingerprint density at radius 2 is 1.83 bits per heavy atom. The molecule has 0 aromatic rings. The van der Waals surface area contributed by atoms with Crippen molar-refractivity contribution in [3.8, 4) is 0 Å². The standard InChI is InChI=1S/C16H29NO/c1-9-18-12-10-16(8,17)11(2)15(6,7)13(12)14(3,4)5/h10,13H,2,9,17H2,1,3-8H3. The van der Waals surface area contributed by atoms with Crippen LogP contribution in [0, 0.1) is 16.7 Å². The average Bonchev–Trinajstić information content (AvgIpc) is 2.11. The van der Waals surface area contributed by atoms with E-state index < -0.39 is 5.54 Å². The lowest BCUT2D eigenvalue weighted by molar-refractivity contribution is 0.0536. The van der Waals surface area contributed by atoms with Crippen LogP contribution in [0.25, 0.3) is 0 Å². The number of ether oxygens (including phenoxy) is 1. The van der Waals surface area contributed by atoms with E-state index in [1.54, 1.807) is 0 Å². The number of hydrogen-bond donors (Lipinski definition) is 1. The van der Waals surface area contributed by atoms with Crippen molar-refractivity contribution in [3.63, 3.8) is 0 Å². The van der Waals surface area contributed by atoms with Crippen LogP contribution in [0.15, 0.2) is 24.0 Å². The van der Waals surface area contributed by atoms with Gasteiger partial charge in [-0.3, -0.25) is 0 Å². The molecule has 2 nitrogen and oxygen atoms in total. The predicted octanol–water partition coefficient (Wildman–Crippen LogP) is 3.88. The molecule has 1 rings (SSSR count). The van der Waals surface area contributed by atoms with E-state index >= 15 is 0 Å². The lowest BCUT2D eigenvalue weighted by Gasteiger charge is -2.51. The predicted molar refractivity (Wildman–Crippen MR) is 78.2 cm³/mol. The van der Waals surface area contributed by atoms with Crippen molar-refractivity contribution in [2.24, 2.45) is 22.5 Å². The molecule has 0 saturated heterocycles. The van der Waals surface area contributed by atoms with E-state index in [0.717, 1.165) is 11.3 Å². The lowest BCUT2D eigenvalue weighted by atomic mass is 9.56. The van der Waals surface area contributed by atoms with Gasteiger partial charge in [0.25, 0.3) is 0 Å². The normalized spacial score (nSPS) is 32.1. The zero-order chi connectivity index (χ0) is 14.4. The summed E-state index contributed by atoms with van der Waals surface area (Å²) in [5, 5.41) is 0. The number of allylic oxidation sites excluding steroid dienone is 1. The van der Waals surface area contributed by atoms with E-state index in [1.807, 2.05) is 13.8 Å². The van der Waals surface area contributed by atoms with Crippen LogP contribution in [0.3, 0.4) is 0 Å². The molecule has 0 aliphatic heterocycles. The fraction of sp³-hybridized carbons (Fsp3) is 0.750. The Kier molecular flexibility index (Phi) is 3.75. The monoisotopic (exact) mass is 251 g/mol. The Labute approximate surface area is 112 Å². The molecule has 0 aromatic carbocycles. The fourth-order valence-electron chi connectivity index (χ4n) is 3.49. The second-order valence-corrected chi connectivity index (χ2v) is 7.26. The van der Waals surface area contributed by atoms with Crippen LogP contribution < -0.4 is 5.73 Å². The molecule has 2 unspecified atom stereocenters. The summed E-state index contributed by atoms with van der Waals surface area (Å²) in [5.74, 6) is 1.32. The van der Waals surface area contributed by atoms with Gasteiger partial charge in [0.2, 0.25) is 0 Å². The molecule has 0 spiro atoms. The molecule has 0 bridgehead atoms. The molecule has 18 heavy (non-hydrogen) atoms. The molecule has 0 radical (unpaired) electrons. The third kappa shape index (κ3) is 2.49. The SMILES string of the molecule is C=C1C(C)(N)C=C(OCC)C(C(C)(C)C)C1(C)C. The van der Waals surface area contributed by atoms with Crippen molar-refractivity contribution < 1.29 is 4.74 Å². The molecule has 0 heterocycles. The highest BCUT2D eigenvalue weighted by Gasteiger charge is 2.50. The van der Waals surface area contributed by atoms with Gasteiger partial charge >= 0.3 is 0 Å². The van der Waals surface area contributed by atoms with Gasteiger partial charge < -0.3 is 10.5 Å². The maximum atomic E-state index is 6.37. The molecular weight excluding hydrogens is 222 g/mol. The first kappa shape index (κ1) is 15.3. The summed E-state index contributed by atoms with van der Waals surface area (Å²) < 4.78 is 5.88. The van der Waals surface area contributed by atoms with Crippen molar-refractivity contribution in [3.05, 3.63) is 24.0 Å². The Hall–Kier alpha value is -0.760. The minimum absolute atomic E-state index is 0.0684. The van der Waals surface area contributed by atoms with Crippen molar-refractivity contribution in [2.75, 3.05) is 6.61 Å². The Morgan fingerprint density at radius 3 is 2.22 bits per heavy atom. The van der Waals surface area contributed by atoms with Crippen molar-refractivity contribution in [1.82, 2.24) is 0 Å². The van der Waals surface area contributed by atoms with Gasteiger partial charge in [-0.2, -0.15) is 0 Å². The van der Waals surface area contributed by atoms with Gasteiger partial charge in [0.1, 0.15) is 0 Å². The molecule has 0 aromatic heterocycles. The zero-order valence-corrected chi connectivity index (χ0v) is 13.1. The highest BCUT2D eigenvalue weighted by molar-refractivity contribution is 5.38. The molecule has 2 heteroatoms. The Bertz CT molecular complexity index is 369. The van der Waals surface area contributed by atoms with Gasteiger partial charge in [-0.1, -0.05) is 41.2 Å². The summed E-state index contributed by atoms with van der Waals surface area (Å²) >= 11 is 0. The number of hydrogen-bond acceptors (Lipinski definition) is 2. The first-order chi connectivity index (χ1) is 7.94. The second kappa shape index (κ2) is 4.41. The number of nitrogens with two attached hydrogens (primary N) is 1. The van der Waals surface area contributed by atoms with E-state index in [0.29, 0.717) is 12.5 Å². The Morgan fingerprint density at radius 1 is 1.33 bits per heavy atom. The van der Waals surface area contributed by atoms with Crippen molar-refractivity contribution in [2.45, 2.75) is 54.0 Å². The average molecular weight is 251 g/mol. The molecule has 104 valence electrons. The topological polar surface area (TPSA) is 35.2 Å². The van der Waals surface area contributed by atoms with E-state index in [1.165, 1.54) is 0 Å². The molecule has 0 amide bonds. The van der Waals surface area contributed by atoms with Crippen LogP contribution in [0.1, 0.15) is 48.5 Å². The van der Waals surface area contributed by atoms with Crippen LogP contribution in [0.5, 0.6) is 0 Å². The molecule has 1 aliphatic carbocycles. The minimum Gasteiger partial charge on any atom is -0.498 e. The van der Waals surface area contributed by atoms with Crippen LogP contribution in [0.2, 0.25) is 0 Å². The second-order valence-electron chi connectivity index (χ2n) is 7.26. The maximum absolute atomic E-state index is 6.37. The fourth-order valence-corrected chi connectivity index (χ4v) is 3.49. The molecular formula is C16H29NO. The first-order valence-electron chi connectivity index (χ1n) is 6.79. The van der Waals surface area contributed by atoms with Gasteiger partial charge in [-0.05, 0) is 36.3 Å². The number of rotatable bonds is 2. The lowest BCUT2D eigenvalue weighted by Crippen LogP contribution is -2.51. The molecule has 0 saturated carbocycles. The van der Waals surface area contributed by atoms with Crippen molar-refractivity contribution in [1.29, 1.82) is 0 Å². The molecule has 1 aliphatic rings. The third-order valence-electron chi connectivity index (χ3n) is 4.05. The van der Waals surface area contributed by atoms with Gasteiger partial charge in [0.05, 0.1) is 17.9 Å². The van der Waals surface area contributed by atoms with Crippen LogP contribution in [-0.4, -0.2) is 12.1 Å². The summed E-state index contributed by atoms with van der Waals surface area (Å²) in [7, 11) is 0.